The Bertz CT molecular complexity index is 3290. The molecule has 0 amide bonds. The molecule has 258 valence electrons. The van der Waals surface area contributed by atoms with Crippen LogP contribution in [0.1, 0.15) is 52.7 Å². The lowest BCUT2D eigenvalue weighted by molar-refractivity contribution is 0.590. The lowest BCUT2D eigenvalue weighted by Crippen LogP contribution is -2.55. The van der Waals surface area contributed by atoms with Crippen LogP contribution in [-0.2, 0) is 10.8 Å². The summed E-state index contributed by atoms with van der Waals surface area (Å²) in [6.07, 6.45) is 0. The van der Waals surface area contributed by atoms with Crippen LogP contribution in [0.15, 0.2) is 127 Å². The Morgan fingerprint density at radius 3 is 2.09 bits per heavy atom. The molecule has 5 heterocycles. The van der Waals surface area contributed by atoms with Crippen molar-refractivity contribution in [2.24, 2.45) is 0 Å². The molecule has 10 aromatic rings. The van der Waals surface area contributed by atoms with Crippen molar-refractivity contribution in [3.63, 3.8) is 0 Å². The number of hydrogen-bond donors (Lipinski definition) is 0. The maximum atomic E-state index is 2.73. The third-order valence-corrected chi connectivity index (χ3v) is 13.8. The van der Waals surface area contributed by atoms with Crippen molar-refractivity contribution < 1.29 is 0 Å². The zero-order chi connectivity index (χ0) is 36.4. The first kappa shape index (κ1) is 30.8. The third-order valence-electron chi connectivity index (χ3n) is 12.6. The van der Waals surface area contributed by atoms with Gasteiger partial charge in [-0.1, -0.05) is 126 Å². The highest BCUT2D eigenvalue weighted by Gasteiger charge is 2.43. The molecular formula is C50H39BN2S. The fourth-order valence-corrected chi connectivity index (χ4v) is 11.2. The Balaban J connectivity index is 1.33. The lowest BCUT2D eigenvalue weighted by atomic mass is 9.45. The summed E-state index contributed by atoms with van der Waals surface area (Å²) in [6.45, 7) is 14.1. The van der Waals surface area contributed by atoms with Crippen molar-refractivity contribution in [2.45, 2.75) is 52.4 Å². The monoisotopic (exact) mass is 710 g/mol. The molecule has 0 fully saturated rings. The highest BCUT2D eigenvalue weighted by molar-refractivity contribution is 7.26. The van der Waals surface area contributed by atoms with Gasteiger partial charge in [0, 0.05) is 69.6 Å². The van der Waals surface area contributed by atoms with Gasteiger partial charge in [-0.2, -0.15) is 0 Å². The number of para-hydroxylation sites is 1. The second kappa shape index (κ2) is 10.1. The van der Waals surface area contributed by atoms with E-state index in [0.717, 1.165) is 0 Å². The molecule has 0 spiro atoms. The summed E-state index contributed by atoms with van der Waals surface area (Å²) in [5, 5.41) is 8.05. The molecule has 12 rings (SSSR count). The van der Waals surface area contributed by atoms with Crippen LogP contribution in [0.5, 0.6) is 0 Å². The lowest BCUT2D eigenvalue weighted by Gasteiger charge is -2.35. The van der Waals surface area contributed by atoms with Gasteiger partial charge in [-0.15, -0.1) is 11.3 Å². The largest absolute Gasteiger partial charge is 0.375 e. The first-order valence-corrected chi connectivity index (χ1v) is 20.1. The average molecular weight is 711 g/mol. The van der Waals surface area contributed by atoms with Crippen LogP contribution in [0.25, 0.3) is 91.7 Å². The van der Waals surface area contributed by atoms with E-state index in [9.17, 15) is 0 Å². The van der Waals surface area contributed by atoms with Gasteiger partial charge in [0.1, 0.15) is 0 Å². The quantitative estimate of drug-likeness (QED) is 0.150. The zero-order valence-electron chi connectivity index (χ0n) is 31.5. The van der Waals surface area contributed by atoms with Crippen molar-refractivity contribution in [2.75, 3.05) is 0 Å². The van der Waals surface area contributed by atoms with E-state index in [0.29, 0.717) is 0 Å². The maximum Gasteiger partial charge on any atom is 0.333 e. The normalized spacial score (nSPS) is 13.7. The molecular weight excluding hydrogens is 671 g/mol. The maximum absolute atomic E-state index is 2.73. The van der Waals surface area contributed by atoms with Crippen LogP contribution in [0.3, 0.4) is 0 Å². The smallest absolute Gasteiger partial charge is 0.333 e. The van der Waals surface area contributed by atoms with Crippen molar-refractivity contribution >= 4 is 92.9 Å². The minimum absolute atomic E-state index is 0.0189. The van der Waals surface area contributed by atoms with Crippen molar-refractivity contribution in [3.05, 3.63) is 139 Å². The van der Waals surface area contributed by atoms with E-state index in [4.69, 9.17) is 0 Å². The zero-order valence-corrected chi connectivity index (χ0v) is 32.3. The van der Waals surface area contributed by atoms with Crippen molar-refractivity contribution in [3.8, 4) is 27.9 Å². The molecule has 2 aliphatic rings. The summed E-state index contributed by atoms with van der Waals surface area (Å²) < 4.78 is 8.11. The number of thiophene rings is 1. The van der Waals surface area contributed by atoms with Gasteiger partial charge in [-0.25, -0.2) is 0 Å². The van der Waals surface area contributed by atoms with E-state index < -0.39 is 0 Å². The third kappa shape index (κ3) is 3.87. The summed E-state index contributed by atoms with van der Waals surface area (Å²) >= 11 is 1.97. The molecule has 2 nitrogen and oxygen atoms in total. The van der Waals surface area contributed by atoms with Crippen LogP contribution in [0.4, 0.5) is 0 Å². The topological polar surface area (TPSA) is 9.86 Å². The number of fused-ring (bicyclic) bond motifs is 14. The van der Waals surface area contributed by atoms with Crippen molar-refractivity contribution in [1.29, 1.82) is 0 Å². The first-order chi connectivity index (χ1) is 26.1. The molecule has 0 saturated heterocycles. The van der Waals surface area contributed by atoms with Crippen LogP contribution in [-0.4, -0.2) is 15.9 Å². The number of rotatable bonds is 1. The van der Waals surface area contributed by atoms with Gasteiger partial charge in [0.2, 0.25) is 0 Å². The van der Waals surface area contributed by atoms with Gasteiger partial charge in [0.25, 0.3) is 0 Å². The van der Waals surface area contributed by atoms with Gasteiger partial charge in [0.05, 0.1) is 11.0 Å². The van der Waals surface area contributed by atoms with Crippen molar-refractivity contribution in [1.82, 2.24) is 9.05 Å². The predicted molar refractivity (Wildman–Crippen MR) is 235 cm³/mol. The molecule has 0 radical (unpaired) electrons. The molecule has 0 bridgehead atoms. The number of nitrogens with zero attached hydrogens (tertiary/aromatic N) is 2. The predicted octanol–water partition coefficient (Wildman–Crippen LogP) is 12.5. The Morgan fingerprint density at radius 1 is 0.519 bits per heavy atom. The minimum Gasteiger partial charge on any atom is -0.375 e. The molecule has 54 heavy (non-hydrogen) atoms. The summed E-state index contributed by atoms with van der Waals surface area (Å²) in [5.41, 5.74) is 17.4. The Morgan fingerprint density at radius 2 is 1.28 bits per heavy atom. The van der Waals surface area contributed by atoms with Crippen LogP contribution in [0.2, 0.25) is 0 Å². The summed E-state index contributed by atoms with van der Waals surface area (Å²) in [4.78, 5) is 0. The standard InChI is InChI=1S/C50H39BN2S/c1-49(2,3)30-20-22-40-35(24-30)36-25-31(50(4,5)6)26-38-44-45-42(27-37-33-15-10-11-18-43(33)54-48(37)44)52-41-23-29(28-13-8-7-9-14-28)19-21-32(41)34-16-12-17-39(47(34)52)51(45)53(40)46(36)38/h7-27H,1-6H3. The first-order valence-electron chi connectivity index (χ1n) is 19.3. The van der Waals surface area contributed by atoms with Gasteiger partial charge in [0.15, 0.2) is 0 Å². The molecule has 0 N–H and O–H groups in total. The van der Waals surface area contributed by atoms with Gasteiger partial charge in [-0.3, -0.25) is 0 Å². The molecule has 0 unspecified atom stereocenters. The summed E-state index contributed by atoms with van der Waals surface area (Å²) in [5.74, 6) is 0. The molecule has 4 heteroatoms. The van der Waals surface area contributed by atoms with Gasteiger partial charge in [-0.05, 0) is 86.5 Å². The highest BCUT2D eigenvalue weighted by Crippen LogP contribution is 2.50. The van der Waals surface area contributed by atoms with E-state index in [1.54, 1.807) is 0 Å². The molecule has 3 aromatic heterocycles. The average Bonchev–Trinajstić information content (AvgIpc) is 3.82. The molecule has 2 aliphatic heterocycles. The highest BCUT2D eigenvalue weighted by atomic mass is 32.1. The van der Waals surface area contributed by atoms with Gasteiger partial charge < -0.3 is 9.05 Å². The second-order valence-corrected chi connectivity index (χ2v) is 18.8. The Kier molecular flexibility index (Phi) is 5.79. The van der Waals surface area contributed by atoms with E-state index in [2.05, 4.69) is 178 Å². The second-order valence-electron chi connectivity index (χ2n) is 17.8. The molecule has 0 atom stereocenters. The van der Waals surface area contributed by atoms with E-state index in [1.807, 2.05) is 11.3 Å². The summed E-state index contributed by atoms with van der Waals surface area (Å²) in [7, 11) is 0. The number of hydrogen-bond acceptors (Lipinski definition) is 1. The fraction of sp³-hybridized carbons (Fsp3) is 0.160. The number of aromatic nitrogens is 2. The molecule has 0 aliphatic carbocycles. The molecule has 7 aromatic carbocycles. The Hall–Kier alpha value is -5.58. The van der Waals surface area contributed by atoms with Crippen LogP contribution in [0, 0.1) is 0 Å². The van der Waals surface area contributed by atoms with E-state index >= 15 is 0 Å². The van der Waals surface area contributed by atoms with E-state index in [-0.39, 0.29) is 17.7 Å². The van der Waals surface area contributed by atoms with E-state index in [1.165, 1.54) is 114 Å². The van der Waals surface area contributed by atoms with Gasteiger partial charge >= 0.3 is 6.85 Å². The number of benzene rings is 7. The molecule has 0 saturated carbocycles. The van der Waals surface area contributed by atoms with Crippen LogP contribution >= 0.6 is 11.3 Å². The van der Waals surface area contributed by atoms with Crippen LogP contribution < -0.4 is 10.9 Å². The fourth-order valence-electron chi connectivity index (χ4n) is 9.93. The summed E-state index contributed by atoms with van der Waals surface area (Å²) in [6, 6.07) is 49.0. The Labute approximate surface area is 319 Å². The minimum atomic E-state index is -0.0189. The SMILES string of the molecule is CC(C)(C)c1ccc2c(c1)c1cc(C(C)(C)C)cc3c1n2B1c2c(cc4c(sc5ccccc54)c2-3)-n2c3cc(-c4ccccc4)ccc3c3cccc1c32.